The van der Waals surface area contributed by atoms with Crippen LogP contribution in [0.4, 0.5) is 10.5 Å². The van der Waals surface area contributed by atoms with Gasteiger partial charge in [0.1, 0.15) is 0 Å². The third-order valence-electron chi connectivity index (χ3n) is 4.36. The molecule has 1 aliphatic rings. The third-order valence-corrected chi connectivity index (χ3v) is 4.36. The molecule has 1 saturated heterocycles. The Morgan fingerprint density at radius 3 is 2.92 bits per heavy atom. The Bertz CT molecular complexity index is 656. The number of amides is 3. The fourth-order valence-electron chi connectivity index (χ4n) is 2.89. The maximum Gasteiger partial charge on any atom is 0.322 e. The number of nitrogens with one attached hydrogen (secondary N) is 2. The molecule has 1 aliphatic heterocycles. The molecule has 0 saturated carbocycles. The van der Waals surface area contributed by atoms with Gasteiger partial charge in [-0.25, -0.2) is 4.79 Å². The minimum absolute atomic E-state index is 0.0479. The molecule has 7 heteroatoms. The number of benzene rings is 1. The highest BCUT2D eigenvalue weighted by Gasteiger charge is 2.32. The van der Waals surface area contributed by atoms with Crippen molar-refractivity contribution in [2.24, 2.45) is 5.92 Å². The second kappa shape index (κ2) is 9.04. The van der Waals surface area contributed by atoms with E-state index < -0.39 is 0 Å². The Labute approximate surface area is 147 Å². The van der Waals surface area contributed by atoms with E-state index in [1.165, 1.54) is 0 Å². The monoisotopic (exact) mass is 344 g/mol. The van der Waals surface area contributed by atoms with E-state index in [0.29, 0.717) is 30.9 Å². The molecule has 3 amide bonds. The molecule has 2 atom stereocenters. The molecular formula is C18H24N4O3. The Balaban J connectivity index is 1.97. The highest BCUT2D eigenvalue weighted by Crippen LogP contribution is 2.23. The minimum Gasteiger partial charge on any atom is -0.383 e. The van der Waals surface area contributed by atoms with Gasteiger partial charge in [0.15, 0.2) is 0 Å². The average Bonchev–Trinajstić information content (AvgIpc) is 2.62. The Morgan fingerprint density at radius 2 is 2.20 bits per heavy atom. The van der Waals surface area contributed by atoms with Gasteiger partial charge in [-0.2, -0.15) is 5.26 Å². The molecule has 1 aromatic carbocycles. The summed E-state index contributed by atoms with van der Waals surface area (Å²) in [7, 11) is 1.59. The molecule has 1 aromatic rings. The number of nitriles is 1. The molecule has 1 heterocycles. The van der Waals surface area contributed by atoms with Gasteiger partial charge in [0.05, 0.1) is 24.2 Å². The lowest BCUT2D eigenvalue weighted by Crippen LogP contribution is -2.51. The average molecular weight is 344 g/mol. The van der Waals surface area contributed by atoms with Crippen LogP contribution in [-0.2, 0) is 9.53 Å². The van der Waals surface area contributed by atoms with Gasteiger partial charge in [-0.1, -0.05) is 6.07 Å². The number of hydrogen-bond donors (Lipinski definition) is 2. The summed E-state index contributed by atoms with van der Waals surface area (Å²) in [6.07, 6.45) is 1.53. The fourth-order valence-corrected chi connectivity index (χ4v) is 2.89. The SMILES string of the molecule is COCCNC(=O)[C@H]1CC[C@@H](C)N(C(=O)Nc2cccc(C#N)c2)C1. The Hall–Kier alpha value is -2.59. The first-order valence-corrected chi connectivity index (χ1v) is 8.39. The van der Waals surface area contributed by atoms with Crippen molar-refractivity contribution in [3.8, 4) is 6.07 Å². The van der Waals surface area contributed by atoms with Crippen molar-refractivity contribution in [1.82, 2.24) is 10.2 Å². The second-order valence-electron chi connectivity index (χ2n) is 6.18. The van der Waals surface area contributed by atoms with E-state index in [4.69, 9.17) is 10.00 Å². The molecule has 25 heavy (non-hydrogen) atoms. The summed E-state index contributed by atoms with van der Waals surface area (Å²) in [4.78, 5) is 26.5. The predicted octanol–water partition coefficient (Wildman–Crippen LogP) is 1.95. The molecule has 0 radical (unpaired) electrons. The lowest BCUT2D eigenvalue weighted by atomic mass is 9.93. The standard InChI is InChI=1S/C18H24N4O3/c1-13-6-7-15(17(23)20-8-9-25-2)12-22(13)18(24)21-16-5-3-4-14(10-16)11-19/h3-5,10,13,15H,6-9,12H2,1-2H3,(H,20,23)(H,21,24)/t13-,15+/m1/s1. The van der Waals surface area contributed by atoms with Gasteiger partial charge in [-0.3, -0.25) is 4.79 Å². The lowest BCUT2D eigenvalue weighted by Gasteiger charge is -2.37. The number of methoxy groups -OCH3 is 1. The van der Waals surface area contributed by atoms with Gasteiger partial charge < -0.3 is 20.3 Å². The molecule has 0 aromatic heterocycles. The number of anilines is 1. The smallest absolute Gasteiger partial charge is 0.322 e. The zero-order valence-electron chi connectivity index (χ0n) is 14.6. The lowest BCUT2D eigenvalue weighted by molar-refractivity contribution is -0.126. The molecule has 0 bridgehead atoms. The summed E-state index contributed by atoms with van der Waals surface area (Å²) < 4.78 is 4.93. The molecule has 0 spiro atoms. The second-order valence-corrected chi connectivity index (χ2v) is 6.18. The summed E-state index contributed by atoms with van der Waals surface area (Å²) in [5.74, 6) is -0.266. The van der Waals surface area contributed by atoms with Crippen LogP contribution >= 0.6 is 0 Å². The zero-order valence-corrected chi connectivity index (χ0v) is 14.6. The van der Waals surface area contributed by atoms with Crippen LogP contribution in [0.3, 0.4) is 0 Å². The van der Waals surface area contributed by atoms with Crippen LogP contribution in [0.1, 0.15) is 25.3 Å². The summed E-state index contributed by atoms with van der Waals surface area (Å²) in [5, 5.41) is 14.6. The van der Waals surface area contributed by atoms with Gasteiger partial charge in [0.2, 0.25) is 5.91 Å². The van der Waals surface area contributed by atoms with Crippen molar-refractivity contribution in [2.75, 3.05) is 32.1 Å². The fraction of sp³-hybridized carbons (Fsp3) is 0.500. The Morgan fingerprint density at radius 1 is 1.40 bits per heavy atom. The molecule has 1 fully saturated rings. The van der Waals surface area contributed by atoms with Crippen molar-refractivity contribution in [3.05, 3.63) is 29.8 Å². The van der Waals surface area contributed by atoms with Crippen molar-refractivity contribution in [2.45, 2.75) is 25.8 Å². The van der Waals surface area contributed by atoms with Crippen LogP contribution < -0.4 is 10.6 Å². The number of rotatable bonds is 5. The van der Waals surface area contributed by atoms with Gasteiger partial charge in [-0.05, 0) is 38.0 Å². The van der Waals surface area contributed by atoms with Crippen LogP contribution in [0.2, 0.25) is 0 Å². The summed E-state index contributed by atoms with van der Waals surface area (Å²) in [5.41, 5.74) is 1.06. The van der Waals surface area contributed by atoms with Crippen LogP contribution in [0.15, 0.2) is 24.3 Å². The van der Waals surface area contributed by atoms with Gasteiger partial charge in [0.25, 0.3) is 0 Å². The van der Waals surface area contributed by atoms with Gasteiger partial charge in [0, 0.05) is 31.9 Å². The van der Waals surface area contributed by atoms with Crippen LogP contribution in [0.5, 0.6) is 0 Å². The topological polar surface area (TPSA) is 94.5 Å². The molecule has 0 unspecified atom stereocenters. The van der Waals surface area contributed by atoms with Crippen LogP contribution in [0, 0.1) is 17.2 Å². The van der Waals surface area contributed by atoms with Crippen LogP contribution in [-0.4, -0.2) is 49.7 Å². The number of carbonyl (C=O) groups is 2. The van der Waals surface area contributed by atoms with Crippen LogP contribution in [0.25, 0.3) is 0 Å². The molecule has 134 valence electrons. The highest BCUT2D eigenvalue weighted by molar-refractivity contribution is 5.90. The van der Waals surface area contributed by atoms with Crippen molar-refractivity contribution >= 4 is 17.6 Å². The molecule has 0 aliphatic carbocycles. The first kappa shape index (κ1) is 18.7. The van der Waals surface area contributed by atoms with E-state index in [-0.39, 0.29) is 23.9 Å². The van der Waals surface area contributed by atoms with Crippen molar-refractivity contribution in [1.29, 1.82) is 5.26 Å². The number of likely N-dealkylation sites (tertiary alicyclic amines) is 1. The normalized spacial score (nSPS) is 19.8. The third kappa shape index (κ3) is 5.19. The minimum atomic E-state index is -0.253. The first-order valence-electron chi connectivity index (χ1n) is 8.39. The molecule has 2 N–H and O–H groups in total. The van der Waals surface area contributed by atoms with Crippen molar-refractivity contribution < 1.29 is 14.3 Å². The molecular weight excluding hydrogens is 320 g/mol. The molecule has 2 rings (SSSR count). The van der Waals surface area contributed by atoms with Gasteiger partial charge in [-0.15, -0.1) is 0 Å². The number of ether oxygens (including phenoxy) is 1. The van der Waals surface area contributed by atoms with E-state index in [1.54, 1.807) is 36.3 Å². The van der Waals surface area contributed by atoms with E-state index >= 15 is 0 Å². The predicted molar refractivity (Wildman–Crippen MR) is 94.0 cm³/mol. The highest BCUT2D eigenvalue weighted by atomic mass is 16.5. The van der Waals surface area contributed by atoms with Gasteiger partial charge >= 0.3 is 6.03 Å². The maximum atomic E-state index is 12.6. The zero-order chi connectivity index (χ0) is 18.2. The van der Waals surface area contributed by atoms with E-state index in [1.807, 2.05) is 13.0 Å². The number of piperidine rings is 1. The summed E-state index contributed by atoms with van der Waals surface area (Å²) in [6, 6.07) is 8.62. The number of nitrogens with zero attached hydrogens (tertiary/aromatic N) is 2. The Kier molecular flexibility index (Phi) is 6.78. The summed E-state index contributed by atoms with van der Waals surface area (Å²) >= 11 is 0. The first-order chi connectivity index (χ1) is 12.0. The number of hydrogen-bond acceptors (Lipinski definition) is 4. The largest absolute Gasteiger partial charge is 0.383 e. The molecule has 7 nitrogen and oxygen atoms in total. The summed E-state index contributed by atoms with van der Waals surface area (Å²) in [6.45, 7) is 3.29. The van der Waals surface area contributed by atoms with Crippen molar-refractivity contribution in [3.63, 3.8) is 0 Å². The number of urea groups is 1. The quantitative estimate of drug-likeness (QED) is 0.798. The number of carbonyl (C=O) groups excluding carboxylic acids is 2. The van der Waals surface area contributed by atoms with E-state index in [9.17, 15) is 9.59 Å². The van der Waals surface area contributed by atoms with E-state index in [0.717, 1.165) is 12.8 Å². The maximum absolute atomic E-state index is 12.6. The van der Waals surface area contributed by atoms with E-state index in [2.05, 4.69) is 10.6 Å².